The SMILES string of the molecule is O=c1c2ccccc2c(C=Nc2nncs2)c(O)n1-c1ccccn1. The first-order valence-electron chi connectivity index (χ1n) is 7.34. The summed E-state index contributed by atoms with van der Waals surface area (Å²) in [4.78, 5) is 21.2. The highest BCUT2D eigenvalue weighted by molar-refractivity contribution is 7.13. The third kappa shape index (κ3) is 2.68. The smallest absolute Gasteiger partial charge is 0.267 e. The van der Waals surface area contributed by atoms with Gasteiger partial charge in [-0.15, -0.1) is 10.2 Å². The Morgan fingerprint density at radius 3 is 2.64 bits per heavy atom. The lowest BCUT2D eigenvalue weighted by Gasteiger charge is -2.12. The lowest BCUT2D eigenvalue weighted by molar-refractivity contribution is 0.435. The molecule has 0 radical (unpaired) electrons. The molecule has 1 aromatic carbocycles. The second-order valence-electron chi connectivity index (χ2n) is 5.09. The monoisotopic (exact) mass is 349 g/mol. The van der Waals surface area contributed by atoms with E-state index in [0.29, 0.717) is 27.3 Å². The van der Waals surface area contributed by atoms with Crippen LogP contribution in [0.4, 0.5) is 5.13 Å². The van der Waals surface area contributed by atoms with Crippen LogP contribution in [0.1, 0.15) is 5.56 Å². The van der Waals surface area contributed by atoms with Crippen molar-refractivity contribution >= 4 is 33.5 Å². The summed E-state index contributed by atoms with van der Waals surface area (Å²) in [6, 6.07) is 12.2. The molecular formula is C17H11N5O2S. The van der Waals surface area contributed by atoms with Gasteiger partial charge in [0.2, 0.25) is 11.0 Å². The Kier molecular flexibility index (Phi) is 3.79. The predicted molar refractivity (Wildman–Crippen MR) is 96.2 cm³/mol. The lowest BCUT2D eigenvalue weighted by atomic mass is 10.1. The molecule has 4 rings (SSSR count). The molecule has 0 atom stereocenters. The van der Waals surface area contributed by atoms with Gasteiger partial charge in [0.05, 0.1) is 5.56 Å². The quantitative estimate of drug-likeness (QED) is 0.574. The van der Waals surface area contributed by atoms with Crippen molar-refractivity contribution in [2.75, 3.05) is 0 Å². The van der Waals surface area contributed by atoms with Crippen molar-refractivity contribution in [1.82, 2.24) is 19.7 Å². The lowest BCUT2D eigenvalue weighted by Crippen LogP contribution is -2.20. The Balaban J connectivity index is 2.03. The van der Waals surface area contributed by atoms with Crippen LogP contribution in [0.2, 0.25) is 0 Å². The molecule has 3 heterocycles. The van der Waals surface area contributed by atoms with Crippen LogP contribution >= 0.6 is 11.3 Å². The Bertz CT molecular complexity index is 1120. The molecule has 8 heteroatoms. The van der Waals surface area contributed by atoms with Crippen LogP contribution in [0.5, 0.6) is 5.88 Å². The van der Waals surface area contributed by atoms with Crippen molar-refractivity contribution in [3.05, 3.63) is 70.1 Å². The number of rotatable bonds is 3. The molecule has 0 fully saturated rings. The molecule has 25 heavy (non-hydrogen) atoms. The molecule has 1 N–H and O–H groups in total. The van der Waals surface area contributed by atoms with E-state index in [0.717, 1.165) is 0 Å². The fraction of sp³-hybridized carbons (Fsp3) is 0. The highest BCUT2D eigenvalue weighted by Crippen LogP contribution is 2.26. The van der Waals surface area contributed by atoms with Gasteiger partial charge in [0, 0.05) is 23.2 Å². The van der Waals surface area contributed by atoms with E-state index in [-0.39, 0.29) is 11.4 Å². The second kappa shape index (κ2) is 6.25. The van der Waals surface area contributed by atoms with E-state index >= 15 is 0 Å². The van der Waals surface area contributed by atoms with E-state index in [9.17, 15) is 9.90 Å². The van der Waals surface area contributed by atoms with Crippen molar-refractivity contribution in [3.63, 3.8) is 0 Å². The fourth-order valence-corrected chi connectivity index (χ4v) is 2.93. The van der Waals surface area contributed by atoms with Crippen LogP contribution < -0.4 is 5.56 Å². The highest BCUT2D eigenvalue weighted by atomic mass is 32.1. The van der Waals surface area contributed by atoms with Crippen LogP contribution in [-0.4, -0.2) is 31.1 Å². The molecule has 122 valence electrons. The maximum Gasteiger partial charge on any atom is 0.267 e. The van der Waals surface area contributed by atoms with Gasteiger partial charge in [-0.25, -0.2) is 14.5 Å². The summed E-state index contributed by atoms with van der Waals surface area (Å²) in [6.45, 7) is 0. The Morgan fingerprint density at radius 2 is 1.92 bits per heavy atom. The molecular weight excluding hydrogens is 338 g/mol. The Labute approximate surface area is 145 Å². The molecule has 0 amide bonds. The van der Waals surface area contributed by atoms with E-state index in [4.69, 9.17) is 0 Å². The largest absolute Gasteiger partial charge is 0.494 e. The zero-order chi connectivity index (χ0) is 17.2. The van der Waals surface area contributed by atoms with Gasteiger partial charge < -0.3 is 5.11 Å². The van der Waals surface area contributed by atoms with Crippen LogP contribution in [0, 0.1) is 0 Å². The number of nitrogens with zero attached hydrogens (tertiary/aromatic N) is 5. The van der Waals surface area contributed by atoms with Crippen molar-refractivity contribution in [2.45, 2.75) is 0 Å². The average molecular weight is 349 g/mol. The molecule has 0 saturated carbocycles. The standard InChI is InChI=1S/C17H11N5O2S/c23-15-12-6-2-1-5-11(12)13(9-19-17-21-20-10-25-17)16(24)22(15)14-7-3-4-8-18-14/h1-10,24H. The summed E-state index contributed by atoms with van der Waals surface area (Å²) >= 11 is 1.27. The molecule has 0 bridgehead atoms. The van der Waals surface area contributed by atoms with Gasteiger partial charge in [-0.3, -0.25) is 4.79 Å². The number of aromatic hydroxyl groups is 1. The van der Waals surface area contributed by atoms with Gasteiger partial charge >= 0.3 is 0 Å². The minimum Gasteiger partial charge on any atom is -0.494 e. The highest BCUT2D eigenvalue weighted by Gasteiger charge is 2.16. The van der Waals surface area contributed by atoms with Crippen LogP contribution in [0.3, 0.4) is 0 Å². The second-order valence-corrected chi connectivity index (χ2v) is 5.90. The van der Waals surface area contributed by atoms with Crippen molar-refractivity contribution in [1.29, 1.82) is 0 Å². The van der Waals surface area contributed by atoms with Gasteiger partial charge in [0.25, 0.3) is 5.56 Å². The molecule has 4 aromatic rings. The number of aliphatic imine (C=N–C) groups is 1. The molecule has 0 aliphatic rings. The first-order chi connectivity index (χ1) is 12.3. The Morgan fingerprint density at radius 1 is 1.12 bits per heavy atom. The topological polar surface area (TPSA) is 93.3 Å². The van der Waals surface area contributed by atoms with Gasteiger partial charge in [-0.1, -0.05) is 35.6 Å². The van der Waals surface area contributed by atoms with Crippen molar-refractivity contribution in [2.24, 2.45) is 4.99 Å². The molecule has 7 nitrogen and oxygen atoms in total. The zero-order valence-electron chi connectivity index (χ0n) is 12.8. The minimum absolute atomic E-state index is 0.226. The number of fused-ring (bicyclic) bond motifs is 1. The van der Waals surface area contributed by atoms with E-state index in [1.807, 2.05) is 0 Å². The summed E-state index contributed by atoms with van der Waals surface area (Å²) in [7, 11) is 0. The number of pyridine rings is 2. The molecule has 3 aromatic heterocycles. The van der Waals surface area contributed by atoms with Crippen LogP contribution in [0.25, 0.3) is 16.6 Å². The summed E-state index contributed by atoms with van der Waals surface area (Å²) in [5, 5.41) is 19.8. The first kappa shape index (κ1) is 15.2. The van der Waals surface area contributed by atoms with E-state index < -0.39 is 0 Å². The number of aromatic nitrogens is 4. The average Bonchev–Trinajstić information content (AvgIpc) is 3.16. The molecule has 0 unspecified atom stereocenters. The Hall–Kier alpha value is -3.39. The van der Waals surface area contributed by atoms with E-state index in [1.54, 1.807) is 54.2 Å². The number of hydrogen-bond acceptors (Lipinski definition) is 7. The van der Waals surface area contributed by atoms with Crippen LogP contribution in [0.15, 0.2) is 64.0 Å². The fourth-order valence-electron chi connectivity index (χ4n) is 2.53. The molecule has 0 saturated heterocycles. The van der Waals surface area contributed by atoms with Crippen molar-refractivity contribution < 1.29 is 5.11 Å². The number of hydrogen-bond donors (Lipinski definition) is 1. The molecule has 0 aliphatic carbocycles. The van der Waals surface area contributed by atoms with Gasteiger partial charge in [-0.2, -0.15) is 0 Å². The zero-order valence-corrected chi connectivity index (χ0v) is 13.6. The maximum absolute atomic E-state index is 12.8. The predicted octanol–water partition coefficient (Wildman–Crippen LogP) is 2.69. The summed E-state index contributed by atoms with van der Waals surface area (Å²) in [5.74, 6) is 0.108. The normalized spacial score (nSPS) is 11.4. The van der Waals surface area contributed by atoms with E-state index in [2.05, 4.69) is 20.2 Å². The van der Waals surface area contributed by atoms with Gasteiger partial charge in [0.1, 0.15) is 11.3 Å². The summed E-state index contributed by atoms with van der Waals surface area (Å²) < 4.78 is 1.17. The molecule has 0 spiro atoms. The maximum atomic E-state index is 12.8. The van der Waals surface area contributed by atoms with Crippen molar-refractivity contribution in [3.8, 4) is 11.7 Å². The number of benzene rings is 1. The molecule has 0 aliphatic heterocycles. The minimum atomic E-state index is -0.347. The van der Waals surface area contributed by atoms with Crippen LogP contribution in [-0.2, 0) is 0 Å². The van der Waals surface area contributed by atoms with Gasteiger partial charge in [-0.05, 0) is 18.2 Å². The van der Waals surface area contributed by atoms with Gasteiger partial charge in [0.15, 0.2) is 0 Å². The first-order valence-corrected chi connectivity index (χ1v) is 8.22. The summed E-state index contributed by atoms with van der Waals surface area (Å²) in [6.07, 6.45) is 3.04. The third-order valence-corrected chi connectivity index (χ3v) is 4.23. The summed E-state index contributed by atoms with van der Waals surface area (Å²) in [5.41, 5.74) is 1.63. The third-order valence-electron chi connectivity index (χ3n) is 3.63. The van der Waals surface area contributed by atoms with E-state index in [1.165, 1.54) is 22.1 Å².